The minimum absolute atomic E-state index is 0.217. The molecule has 0 saturated heterocycles. The molecule has 4 aromatic rings. The van der Waals surface area contributed by atoms with E-state index in [9.17, 15) is 5.11 Å². The van der Waals surface area contributed by atoms with Crippen LogP contribution in [-0.4, -0.2) is 19.5 Å². The molecule has 25 heavy (non-hydrogen) atoms. The van der Waals surface area contributed by atoms with Gasteiger partial charge in [-0.25, -0.2) is 4.98 Å². The molecule has 0 spiro atoms. The molecule has 2 aromatic heterocycles. The lowest BCUT2D eigenvalue weighted by Crippen LogP contribution is -1.99. The molecule has 0 aliphatic carbocycles. The van der Waals surface area contributed by atoms with Gasteiger partial charge in [0.1, 0.15) is 17.3 Å². The van der Waals surface area contributed by atoms with Gasteiger partial charge in [-0.3, -0.25) is 9.38 Å². The molecule has 0 saturated carbocycles. The lowest BCUT2D eigenvalue weighted by molar-refractivity contribution is 0.475. The van der Waals surface area contributed by atoms with Crippen molar-refractivity contribution < 1.29 is 5.11 Å². The second-order valence-electron chi connectivity index (χ2n) is 5.70. The van der Waals surface area contributed by atoms with E-state index >= 15 is 0 Å². The summed E-state index contributed by atoms with van der Waals surface area (Å²) >= 11 is 6.25. The van der Waals surface area contributed by atoms with Crippen molar-refractivity contribution in [3.05, 3.63) is 71.6 Å². The molecule has 0 amide bonds. The maximum Gasteiger partial charge on any atom is 0.157 e. The van der Waals surface area contributed by atoms with Gasteiger partial charge >= 0.3 is 0 Å². The Morgan fingerprint density at radius 1 is 1.12 bits per heavy atom. The normalized spacial score (nSPS) is 11.0. The largest absolute Gasteiger partial charge is 0.508 e. The van der Waals surface area contributed by atoms with E-state index in [0.29, 0.717) is 5.02 Å². The summed E-state index contributed by atoms with van der Waals surface area (Å²) < 4.78 is 1.94. The van der Waals surface area contributed by atoms with E-state index in [-0.39, 0.29) is 5.75 Å². The Bertz CT molecular complexity index is 1060. The molecule has 0 atom stereocenters. The number of hydrogen-bond donors (Lipinski definition) is 2. The van der Waals surface area contributed by atoms with Gasteiger partial charge in [-0.2, -0.15) is 0 Å². The zero-order valence-electron chi connectivity index (χ0n) is 13.4. The number of fused-ring (bicyclic) bond motifs is 1. The lowest BCUT2D eigenvalue weighted by atomic mass is 10.1. The first kappa shape index (κ1) is 15.5. The van der Waals surface area contributed by atoms with Crippen LogP contribution in [-0.2, 0) is 0 Å². The fraction of sp³-hybridized carbons (Fsp3) is 0.0526. The van der Waals surface area contributed by atoms with Gasteiger partial charge in [0, 0.05) is 28.7 Å². The number of rotatable bonds is 3. The van der Waals surface area contributed by atoms with Crippen molar-refractivity contribution in [1.82, 2.24) is 14.4 Å². The van der Waals surface area contributed by atoms with Crippen molar-refractivity contribution >= 4 is 28.8 Å². The number of nitrogens with one attached hydrogen (secondary N) is 1. The fourth-order valence-electron chi connectivity index (χ4n) is 2.72. The summed E-state index contributed by atoms with van der Waals surface area (Å²) in [6.07, 6.45) is 5.28. The van der Waals surface area contributed by atoms with Crippen LogP contribution in [0.25, 0.3) is 16.9 Å². The average Bonchev–Trinajstić information content (AvgIpc) is 2.98. The molecule has 0 aliphatic heterocycles. The summed E-state index contributed by atoms with van der Waals surface area (Å²) in [5.41, 5.74) is 4.26. The van der Waals surface area contributed by atoms with Gasteiger partial charge in [0.2, 0.25) is 0 Å². The standard InChI is InChI=1S/C19H15ClN4O/c1-12-15(20)3-2-4-16(12)22-19-18(13-5-7-14(25)8-6-13)23-17-11-21-9-10-24(17)19/h2-11,22,25H,1H3. The van der Waals surface area contributed by atoms with E-state index in [1.54, 1.807) is 24.5 Å². The highest BCUT2D eigenvalue weighted by Crippen LogP contribution is 2.33. The number of phenols is 1. The molecular weight excluding hydrogens is 336 g/mol. The van der Waals surface area contributed by atoms with Gasteiger partial charge in [0.05, 0.1) is 6.20 Å². The summed E-state index contributed by atoms with van der Waals surface area (Å²) in [5.74, 6) is 1.03. The number of imidazole rings is 1. The Labute approximate surface area is 149 Å². The summed E-state index contributed by atoms with van der Waals surface area (Å²) in [6.45, 7) is 1.97. The fourth-order valence-corrected chi connectivity index (χ4v) is 2.89. The molecule has 0 bridgehead atoms. The maximum atomic E-state index is 9.55. The quantitative estimate of drug-likeness (QED) is 0.556. The van der Waals surface area contributed by atoms with E-state index in [2.05, 4.69) is 15.3 Å². The van der Waals surface area contributed by atoms with Crippen LogP contribution in [0.2, 0.25) is 5.02 Å². The minimum Gasteiger partial charge on any atom is -0.508 e. The van der Waals surface area contributed by atoms with Gasteiger partial charge in [-0.1, -0.05) is 17.7 Å². The molecule has 2 heterocycles. The number of nitrogens with zero attached hydrogens (tertiary/aromatic N) is 3. The first-order valence-corrected chi connectivity index (χ1v) is 8.15. The predicted molar refractivity (Wildman–Crippen MR) is 99.6 cm³/mol. The molecule has 0 radical (unpaired) electrons. The molecule has 0 aliphatic rings. The minimum atomic E-state index is 0.217. The third-order valence-corrected chi connectivity index (χ3v) is 4.50. The number of aromatic nitrogens is 3. The summed E-state index contributed by atoms with van der Waals surface area (Å²) in [6, 6.07) is 12.7. The highest BCUT2D eigenvalue weighted by molar-refractivity contribution is 6.31. The smallest absolute Gasteiger partial charge is 0.157 e. The van der Waals surface area contributed by atoms with Crippen LogP contribution in [0.15, 0.2) is 61.1 Å². The molecule has 0 unspecified atom stereocenters. The average molecular weight is 351 g/mol. The highest BCUT2D eigenvalue weighted by Gasteiger charge is 2.15. The monoisotopic (exact) mass is 350 g/mol. The van der Waals surface area contributed by atoms with Crippen molar-refractivity contribution in [2.75, 3.05) is 5.32 Å². The number of phenolic OH excluding ortho intramolecular Hbond substituents is 1. The van der Waals surface area contributed by atoms with Crippen molar-refractivity contribution in [2.24, 2.45) is 0 Å². The van der Waals surface area contributed by atoms with E-state index in [1.807, 2.05) is 47.9 Å². The number of hydrogen-bond acceptors (Lipinski definition) is 4. The predicted octanol–water partition coefficient (Wildman–Crippen LogP) is 4.81. The van der Waals surface area contributed by atoms with Crippen LogP contribution >= 0.6 is 11.6 Å². The number of halogens is 1. The van der Waals surface area contributed by atoms with Crippen molar-refractivity contribution in [1.29, 1.82) is 0 Å². The molecular formula is C19H15ClN4O. The Balaban J connectivity index is 1.90. The molecule has 2 aromatic carbocycles. The Morgan fingerprint density at radius 2 is 1.92 bits per heavy atom. The van der Waals surface area contributed by atoms with Crippen molar-refractivity contribution in [3.8, 4) is 17.0 Å². The maximum absolute atomic E-state index is 9.55. The Hall–Kier alpha value is -3.05. The number of benzene rings is 2. The van der Waals surface area contributed by atoms with Gasteiger partial charge < -0.3 is 10.4 Å². The van der Waals surface area contributed by atoms with Gasteiger partial charge in [-0.15, -0.1) is 0 Å². The third-order valence-electron chi connectivity index (χ3n) is 4.09. The second kappa shape index (κ2) is 6.11. The molecule has 0 fully saturated rings. The molecule has 6 heteroatoms. The van der Waals surface area contributed by atoms with Crippen molar-refractivity contribution in [3.63, 3.8) is 0 Å². The first-order valence-electron chi connectivity index (χ1n) is 7.77. The van der Waals surface area contributed by atoms with Crippen LogP contribution < -0.4 is 5.32 Å². The van der Waals surface area contributed by atoms with E-state index in [1.165, 1.54) is 0 Å². The summed E-state index contributed by atoms with van der Waals surface area (Å²) in [7, 11) is 0. The van der Waals surface area contributed by atoms with E-state index in [4.69, 9.17) is 11.6 Å². The van der Waals surface area contributed by atoms with Gasteiger partial charge in [-0.05, 0) is 48.9 Å². The zero-order valence-corrected chi connectivity index (χ0v) is 14.2. The zero-order chi connectivity index (χ0) is 17.4. The molecule has 5 nitrogen and oxygen atoms in total. The summed E-state index contributed by atoms with van der Waals surface area (Å²) in [4.78, 5) is 8.83. The van der Waals surface area contributed by atoms with Crippen LogP contribution in [0.3, 0.4) is 0 Å². The Kier molecular flexibility index (Phi) is 3.78. The van der Waals surface area contributed by atoms with Gasteiger partial charge in [0.25, 0.3) is 0 Å². The van der Waals surface area contributed by atoms with E-state index in [0.717, 1.165) is 34.0 Å². The third kappa shape index (κ3) is 2.79. The second-order valence-corrected chi connectivity index (χ2v) is 6.11. The van der Waals surface area contributed by atoms with Crippen LogP contribution in [0.4, 0.5) is 11.5 Å². The van der Waals surface area contributed by atoms with Gasteiger partial charge in [0.15, 0.2) is 5.65 Å². The Morgan fingerprint density at radius 3 is 2.72 bits per heavy atom. The first-order chi connectivity index (χ1) is 12.1. The molecule has 124 valence electrons. The molecule has 2 N–H and O–H groups in total. The van der Waals surface area contributed by atoms with Crippen LogP contribution in [0.5, 0.6) is 5.75 Å². The SMILES string of the molecule is Cc1c(Cl)cccc1Nc1c(-c2ccc(O)cc2)nc2cnccn12. The van der Waals surface area contributed by atoms with Crippen LogP contribution in [0, 0.1) is 6.92 Å². The number of aromatic hydroxyl groups is 1. The molecule has 4 rings (SSSR count). The van der Waals surface area contributed by atoms with Crippen molar-refractivity contribution in [2.45, 2.75) is 6.92 Å². The number of anilines is 2. The van der Waals surface area contributed by atoms with Crippen LogP contribution in [0.1, 0.15) is 5.56 Å². The lowest BCUT2D eigenvalue weighted by Gasteiger charge is -2.12. The summed E-state index contributed by atoms with van der Waals surface area (Å²) in [5, 5.41) is 13.7. The van der Waals surface area contributed by atoms with E-state index < -0.39 is 0 Å². The highest BCUT2D eigenvalue weighted by atomic mass is 35.5. The topological polar surface area (TPSA) is 62.5 Å².